The van der Waals surface area contributed by atoms with Crippen LogP contribution in [0.3, 0.4) is 0 Å². The van der Waals surface area contributed by atoms with Gasteiger partial charge in [0, 0.05) is 0 Å². The third-order valence-corrected chi connectivity index (χ3v) is 2.33. The monoisotopic (exact) mass is 187 g/mol. The summed E-state index contributed by atoms with van der Waals surface area (Å²) in [7, 11) is 0. The molecule has 1 rings (SSSR count). The molecular formula is C8H13NO4. The first-order valence-corrected chi connectivity index (χ1v) is 4.23. The van der Waals surface area contributed by atoms with Crippen molar-refractivity contribution < 1.29 is 19.8 Å². The summed E-state index contributed by atoms with van der Waals surface area (Å²) in [5.74, 6) is -2.50. The third kappa shape index (κ3) is 2.69. The summed E-state index contributed by atoms with van der Waals surface area (Å²) >= 11 is 0. The lowest BCUT2D eigenvalue weighted by molar-refractivity contribution is -0.144. The van der Waals surface area contributed by atoms with Crippen LogP contribution >= 0.6 is 0 Å². The Morgan fingerprint density at radius 1 is 1.31 bits per heavy atom. The molecule has 0 amide bonds. The Hall–Kier alpha value is -1.10. The molecule has 0 heterocycles. The topological polar surface area (TPSA) is 101 Å². The van der Waals surface area contributed by atoms with Crippen molar-refractivity contribution in [2.24, 2.45) is 17.6 Å². The quantitative estimate of drug-likeness (QED) is 0.558. The number of hydrogen-bond donors (Lipinski definition) is 3. The van der Waals surface area contributed by atoms with E-state index in [4.69, 9.17) is 15.9 Å². The van der Waals surface area contributed by atoms with E-state index in [1.165, 1.54) is 0 Å². The van der Waals surface area contributed by atoms with Gasteiger partial charge in [0.15, 0.2) is 0 Å². The van der Waals surface area contributed by atoms with Crippen LogP contribution in [0.5, 0.6) is 0 Å². The van der Waals surface area contributed by atoms with Crippen LogP contribution < -0.4 is 5.73 Å². The Bertz CT molecular complexity index is 224. The SMILES string of the molecule is N[C@@H](CC(C(=O)O)C1CC1)C(=O)O. The van der Waals surface area contributed by atoms with E-state index in [1.54, 1.807) is 0 Å². The fourth-order valence-electron chi connectivity index (χ4n) is 1.37. The molecule has 74 valence electrons. The van der Waals surface area contributed by atoms with Crippen LogP contribution in [0.25, 0.3) is 0 Å². The van der Waals surface area contributed by atoms with Gasteiger partial charge >= 0.3 is 11.9 Å². The smallest absolute Gasteiger partial charge is 0.320 e. The van der Waals surface area contributed by atoms with Gasteiger partial charge in [0.05, 0.1) is 5.92 Å². The molecular weight excluding hydrogens is 174 g/mol. The van der Waals surface area contributed by atoms with Gasteiger partial charge in [0.25, 0.3) is 0 Å². The van der Waals surface area contributed by atoms with E-state index in [0.717, 1.165) is 12.8 Å². The zero-order valence-corrected chi connectivity index (χ0v) is 7.14. The molecule has 0 bridgehead atoms. The molecule has 1 aliphatic carbocycles. The first-order valence-electron chi connectivity index (χ1n) is 4.23. The Morgan fingerprint density at radius 2 is 1.85 bits per heavy atom. The summed E-state index contributed by atoms with van der Waals surface area (Å²) in [4.78, 5) is 21.1. The van der Waals surface area contributed by atoms with Gasteiger partial charge in [-0.3, -0.25) is 9.59 Å². The van der Waals surface area contributed by atoms with Crippen LogP contribution in [-0.2, 0) is 9.59 Å². The predicted octanol–water partition coefficient (Wildman–Crippen LogP) is -0.101. The highest BCUT2D eigenvalue weighted by molar-refractivity contribution is 5.76. The molecule has 5 heteroatoms. The minimum atomic E-state index is -1.13. The van der Waals surface area contributed by atoms with Crippen molar-refractivity contribution in [3.63, 3.8) is 0 Å². The molecule has 0 aliphatic heterocycles. The van der Waals surface area contributed by atoms with Crippen molar-refractivity contribution in [3.8, 4) is 0 Å². The van der Waals surface area contributed by atoms with E-state index in [0.29, 0.717) is 0 Å². The Kier molecular flexibility index (Phi) is 2.87. The van der Waals surface area contributed by atoms with E-state index in [1.807, 2.05) is 0 Å². The van der Waals surface area contributed by atoms with Gasteiger partial charge in [-0.25, -0.2) is 0 Å². The zero-order chi connectivity index (χ0) is 10.0. The molecule has 13 heavy (non-hydrogen) atoms. The number of aliphatic carboxylic acids is 2. The van der Waals surface area contributed by atoms with Gasteiger partial charge in [-0.15, -0.1) is 0 Å². The van der Waals surface area contributed by atoms with Gasteiger partial charge in [-0.05, 0) is 25.2 Å². The Morgan fingerprint density at radius 3 is 2.15 bits per heavy atom. The fourth-order valence-corrected chi connectivity index (χ4v) is 1.37. The van der Waals surface area contributed by atoms with Crippen molar-refractivity contribution >= 4 is 11.9 Å². The molecule has 0 spiro atoms. The minimum absolute atomic E-state index is 0.0370. The van der Waals surface area contributed by atoms with Crippen LogP contribution in [0.15, 0.2) is 0 Å². The molecule has 2 atom stereocenters. The van der Waals surface area contributed by atoms with E-state index in [-0.39, 0.29) is 12.3 Å². The van der Waals surface area contributed by atoms with Gasteiger partial charge in [-0.1, -0.05) is 0 Å². The maximum absolute atomic E-state index is 10.7. The number of rotatable bonds is 5. The second-order valence-corrected chi connectivity index (χ2v) is 3.46. The minimum Gasteiger partial charge on any atom is -0.481 e. The van der Waals surface area contributed by atoms with Crippen molar-refractivity contribution in [2.75, 3.05) is 0 Å². The number of carboxylic acid groups (broad SMARTS) is 2. The third-order valence-electron chi connectivity index (χ3n) is 2.33. The molecule has 1 unspecified atom stereocenters. The first kappa shape index (κ1) is 9.98. The maximum atomic E-state index is 10.7. The molecule has 1 aliphatic rings. The highest BCUT2D eigenvalue weighted by atomic mass is 16.4. The Labute approximate surface area is 75.5 Å². The van der Waals surface area contributed by atoms with Crippen molar-refractivity contribution in [1.29, 1.82) is 0 Å². The summed E-state index contributed by atoms with van der Waals surface area (Å²) in [6, 6.07) is -1.05. The average Bonchev–Trinajstić information content (AvgIpc) is 2.81. The molecule has 0 saturated heterocycles. The highest BCUT2D eigenvalue weighted by Gasteiger charge is 2.38. The average molecular weight is 187 g/mol. The van der Waals surface area contributed by atoms with Gasteiger partial charge in [-0.2, -0.15) is 0 Å². The first-order chi connectivity index (χ1) is 6.02. The second-order valence-electron chi connectivity index (χ2n) is 3.46. The van der Waals surface area contributed by atoms with Gasteiger partial charge in [0.2, 0.25) is 0 Å². The number of carboxylic acids is 2. The zero-order valence-electron chi connectivity index (χ0n) is 7.14. The van der Waals surface area contributed by atoms with Crippen LogP contribution in [0.2, 0.25) is 0 Å². The predicted molar refractivity (Wildman–Crippen MR) is 44.1 cm³/mol. The lowest BCUT2D eigenvalue weighted by Crippen LogP contribution is -2.35. The summed E-state index contributed by atoms with van der Waals surface area (Å²) in [6.07, 6.45) is 1.79. The molecule has 0 aromatic carbocycles. The van der Waals surface area contributed by atoms with Gasteiger partial charge in [0.1, 0.15) is 6.04 Å². The molecule has 0 radical (unpaired) electrons. The molecule has 0 aromatic heterocycles. The molecule has 1 fully saturated rings. The molecule has 0 aromatic rings. The number of nitrogens with two attached hydrogens (primary N) is 1. The summed E-state index contributed by atoms with van der Waals surface area (Å²) in [5, 5.41) is 17.3. The van der Waals surface area contributed by atoms with E-state index in [2.05, 4.69) is 0 Å². The second kappa shape index (κ2) is 3.74. The van der Waals surface area contributed by atoms with E-state index >= 15 is 0 Å². The van der Waals surface area contributed by atoms with Gasteiger partial charge < -0.3 is 15.9 Å². The maximum Gasteiger partial charge on any atom is 0.320 e. The molecule has 5 nitrogen and oxygen atoms in total. The normalized spacial score (nSPS) is 20.7. The molecule has 1 saturated carbocycles. The largest absolute Gasteiger partial charge is 0.481 e. The lowest BCUT2D eigenvalue weighted by Gasteiger charge is -2.13. The highest BCUT2D eigenvalue weighted by Crippen LogP contribution is 2.39. The summed E-state index contributed by atoms with van der Waals surface area (Å²) < 4.78 is 0. The van der Waals surface area contributed by atoms with E-state index < -0.39 is 23.9 Å². The van der Waals surface area contributed by atoms with Crippen LogP contribution in [0.1, 0.15) is 19.3 Å². The standard InChI is InChI=1S/C8H13NO4/c9-6(8(12)13)3-5(7(10)11)4-1-2-4/h4-6H,1-3,9H2,(H,10,11)(H,12,13)/t5?,6-/m0/s1. The van der Waals surface area contributed by atoms with Crippen molar-refractivity contribution in [2.45, 2.75) is 25.3 Å². The Balaban J connectivity index is 2.47. The van der Waals surface area contributed by atoms with E-state index in [9.17, 15) is 9.59 Å². The van der Waals surface area contributed by atoms with Crippen molar-refractivity contribution in [3.05, 3.63) is 0 Å². The van der Waals surface area contributed by atoms with Crippen LogP contribution in [0.4, 0.5) is 0 Å². The summed E-state index contributed by atoms with van der Waals surface area (Å²) in [5.41, 5.74) is 5.26. The number of carbonyl (C=O) groups is 2. The van der Waals surface area contributed by atoms with Crippen molar-refractivity contribution in [1.82, 2.24) is 0 Å². The fraction of sp³-hybridized carbons (Fsp3) is 0.750. The van der Waals surface area contributed by atoms with Crippen LogP contribution in [0, 0.1) is 11.8 Å². The summed E-state index contributed by atoms with van der Waals surface area (Å²) in [6.45, 7) is 0. The number of hydrogen-bond acceptors (Lipinski definition) is 3. The lowest BCUT2D eigenvalue weighted by atomic mass is 9.95. The van der Waals surface area contributed by atoms with Crippen LogP contribution in [-0.4, -0.2) is 28.2 Å². The molecule has 4 N–H and O–H groups in total.